The number of β-amino-alcohol motifs (C(OH)–C–C–N with tert-alkyl or cyclic N) is 1. The second-order valence-corrected chi connectivity index (χ2v) is 10.8. The standard InChI is InChI=1S/C25H34ClN5O2.C2HF3O2/c26-20-4-2-19(3-5-20)14-22-18-33-24(16-29-11-8-23(32)15-29)17-31(22)21-6-12-30(13-7-21)25-27-9-1-10-28-25;3-2(4,5)1(6)7/h1-5,9-10,21-24,32H,6-8,11-18H2;(H,6,7)/t22-,23+,24-;/m0./s1. The molecule has 1 aromatic heterocycles. The number of morpholine rings is 1. The molecule has 4 heterocycles. The van der Waals surface area contributed by atoms with Crippen LogP contribution in [0.4, 0.5) is 19.1 Å². The van der Waals surface area contributed by atoms with Gasteiger partial charge in [0.2, 0.25) is 5.95 Å². The van der Waals surface area contributed by atoms with Crippen LogP contribution in [0.1, 0.15) is 24.8 Å². The molecule has 0 saturated carbocycles. The normalized spacial score (nSPS) is 24.9. The summed E-state index contributed by atoms with van der Waals surface area (Å²) in [5.41, 5.74) is 1.30. The molecule has 0 unspecified atom stereocenters. The highest BCUT2D eigenvalue weighted by atomic mass is 35.5. The van der Waals surface area contributed by atoms with Crippen molar-refractivity contribution in [3.05, 3.63) is 53.3 Å². The molecule has 13 heteroatoms. The number of halogens is 4. The van der Waals surface area contributed by atoms with Gasteiger partial charge in [0.15, 0.2) is 0 Å². The van der Waals surface area contributed by atoms with E-state index in [9.17, 15) is 18.3 Å². The third-order valence-corrected chi connectivity index (χ3v) is 7.76. The van der Waals surface area contributed by atoms with E-state index >= 15 is 0 Å². The maximum Gasteiger partial charge on any atom is 0.490 e. The van der Waals surface area contributed by atoms with E-state index in [0.29, 0.717) is 12.1 Å². The number of nitrogens with zero attached hydrogens (tertiary/aromatic N) is 5. The maximum atomic E-state index is 10.6. The summed E-state index contributed by atoms with van der Waals surface area (Å²) in [6.07, 6.45) is 2.59. The van der Waals surface area contributed by atoms with Crippen LogP contribution in [-0.2, 0) is 16.0 Å². The van der Waals surface area contributed by atoms with Crippen molar-refractivity contribution in [3.63, 3.8) is 0 Å². The van der Waals surface area contributed by atoms with Gasteiger partial charge in [-0.2, -0.15) is 13.2 Å². The van der Waals surface area contributed by atoms with Crippen LogP contribution in [0.2, 0.25) is 5.02 Å². The highest BCUT2D eigenvalue weighted by molar-refractivity contribution is 6.30. The number of carboxylic acid groups (broad SMARTS) is 1. The Labute approximate surface area is 236 Å². The Morgan fingerprint density at radius 1 is 1.05 bits per heavy atom. The van der Waals surface area contributed by atoms with E-state index in [1.54, 1.807) is 0 Å². The van der Waals surface area contributed by atoms with Crippen molar-refractivity contribution < 1.29 is 32.9 Å². The van der Waals surface area contributed by atoms with Gasteiger partial charge in [0, 0.05) is 68.8 Å². The molecular formula is C27H35ClF3N5O4. The van der Waals surface area contributed by atoms with E-state index in [4.69, 9.17) is 26.2 Å². The number of carboxylic acids is 1. The van der Waals surface area contributed by atoms with Crippen molar-refractivity contribution in [1.29, 1.82) is 0 Å². The average Bonchev–Trinajstić information content (AvgIpc) is 3.35. The summed E-state index contributed by atoms with van der Waals surface area (Å²) in [6.45, 7) is 6.26. The van der Waals surface area contributed by atoms with Gasteiger partial charge in [-0.05, 0) is 49.4 Å². The molecule has 2 aromatic rings. The highest BCUT2D eigenvalue weighted by Gasteiger charge is 2.38. The molecule has 0 spiro atoms. The summed E-state index contributed by atoms with van der Waals surface area (Å²) < 4.78 is 38.1. The molecule has 2 N–H and O–H groups in total. The summed E-state index contributed by atoms with van der Waals surface area (Å²) in [7, 11) is 0. The quantitative estimate of drug-likeness (QED) is 0.529. The largest absolute Gasteiger partial charge is 0.490 e. The molecule has 3 aliphatic rings. The van der Waals surface area contributed by atoms with E-state index in [1.807, 2.05) is 30.6 Å². The van der Waals surface area contributed by atoms with Crippen LogP contribution in [0.15, 0.2) is 42.7 Å². The molecule has 220 valence electrons. The Hall–Kier alpha value is -2.51. The molecule has 0 radical (unpaired) electrons. The van der Waals surface area contributed by atoms with Gasteiger partial charge < -0.3 is 19.8 Å². The maximum absolute atomic E-state index is 10.6. The lowest BCUT2D eigenvalue weighted by atomic mass is 9.96. The molecule has 1 aromatic carbocycles. The number of rotatable bonds is 6. The molecule has 3 aliphatic heterocycles. The lowest BCUT2D eigenvalue weighted by Crippen LogP contribution is -2.58. The fourth-order valence-corrected chi connectivity index (χ4v) is 5.65. The fourth-order valence-electron chi connectivity index (χ4n) is 5.52. The van der Waals surface area contributed by atoms with Crippen molar-refractivity contribution in [2.75, 3.05) is 50.8 Å². The number of alkyl halides is 3. The SMILES string of the molecule is O=C(O)C(F)(F)F.O[C@@H]1CCN(C[C@H]2CN(C3CCN(c4ncccn4)CC3)[C@@H](Cc3ccc(Cl)cc3)CO2)C1. The van der Waals surface area contributed by atoms with Crippen LogP contribution in [0.3, 0.4) is 0 Å². The number of aliphatic hydroxyl groups excluding tert-OH is 1. The number of aromatic nitrogens is 2. The summed E-state index contributed by atoms with van der Waals surface area (Å²) in [5.74, 6) is -1.92. The predicted octanol–water partition coefficient (Wildman–Crippen LogP) is 3.11. The number of likely N-dealkylation sites (tertiary alicyclic amines) is 1. The number of piperidine rings is 1. The predicted molar refractivity (Wildman–Crippen MR) is 143 cm³/mol. The van der Waals surface area contributed by atoms with E-state index < -0.39 is 12.1 Å². The summed E-state index contributed by atoms with van der Waals surface area (Å²) >= 11 is 6.11. The number of hydrogen-bond acceptors (Lipinski definition) is 8. The molecule has 9 nitrogen and oxygen atoms in total. The highest BCUT2D eigenvalue weighted by Crippen LogP contribution is 2.27. The van der Waals surface area contributed by atoms with Crippen LogP contribution >= 0.6 is 11.6 Å². The fraction of sp³-hybridized carbons (Fsp3) is 0.593. The molecule has 0 aliphatic carbocycles. The van der Waals surface area contributed by atoms with Crippen LogP contribution in [-0.4, -0.2) is 112 Å². The number of hydrogen-bond donors (Lipinski definition) is 2. The Morgan fingerprint density at radius 2 is 1.70 bits per heavy atom. The van der Waals surface area contributed by atoms with Crippen LogP contribution < -0.4 is 4.90 Å². The zero-order valence-corrected chi connectivity index (χ0v) is 22.8. The molecule has 0 amide bonds. The first-order valence-electron chi connectivity index (χ1n) is 13.4. The monoisotopic (exact) mass is 585 g/mol. The molecule has 3 saturated heterocycles. The second-order valence-electron chi connectivity index (χ2n) is 10.4. The first kappa shape index (κ1) is 30.4. The number of anilines is 1. The van der Waals surface area contributed by atoms with Gasteiger partial charge in [-0.15, -0.1) is 0 Å². The second kappa shape index (κ2) is 13.9. The minimum Gasteiger partial charge on any atom is -0.475 e. The van der Waals surface area contributed by atoms with Crippen molar-refractivity contribution >= 4 is 23.5 Å². The number of benzene rings is 1. The zero-order valence-electron chi connectivity index (χ0n) is 22.1. The van der Waals surface area contributed by atoms with Crippen molar-refractivity contribution in [2.24, 2.45) is 0 Å². The minimum absolute atomic E-state index is 0.187. The molecule has 3 fully saturated rings. The average molecular weight is 586 g/mol. The van der Waals surface area contributed by atoms with E-state index in [0.717, 1.165) is 82.5 Å². The van der Waals surface area contributed by atoms with Crippen LogP contribution in [0.25, 0.3) is 0 Å². The van der Waals surface area contributed by atoms with Gasteiger partial charge in [-0.1, -0.05) is 23.7 Å². The Kier molecular flexibility index (Phi) is 10.6. The van der Waals surface area contributed by atoms with Crippen molar-refractivity contribution in [3.8, 4) is 0 Å². The van der Waals surface area contributed by atoms with E-state index in [-0.39, 0.29) is 12.2 Å². The van der Waals surface area contributed by atoms with E-state index in [1.165, 1.54) is 5.56 Å². The smallest absolute Gasteiger partial charge is 0.475 e. The van der Waals surface area contributed by atoms with Gasteiger partial charge in [0.05, 0.1) is 18.8 Å². The molecule has 3 atom stereocenters. The third-order valence-electron chi connectivity index (χ3n) is 7.51. The zero-order chi connectivity index (χ0) is 28.7. The number of aliphatic hydroxyl groups is 1. The van der Waals surface area contributed by atoms with Gasteiger partial charge in [0.25, 0.3) is 0 Å². The Bertz CT molecular complexity index is 1070. The lowest BCUT2D eigenvalue weighted by molar-refractivity contribution is -0.192. The Balaban J connectivity index is 0.000000470. The number of ether oxygens (including phenoxy) is 1. The van der Waals surface area contributed by atoms with Crippen molar-refractivity contribution in [2.45, 2.75) is 56.2 Å². The van der Waals surface area contributed by atoms with Crippen LogP contribution in [0.5, 0.6) is 0 Å². The van der Waals surface area contributed by atoms with E-state index in [2.05, 4.69) is 36.8 Å². The molecule has 5 rings (SSSR count). The Morgan fingerprint density at radius 3 is 2.27 bits per heavy atom. The van der Waals surface area contributed by atoms with Crippen LogP contribution in [0, 0.1) is 0 Å². The number of carbonyl (C=O) groups is 1. The lowest BCUT2D eigenvalue weighted by Gasteiger charge is -2.47. The first-order chi connectivity index (χ1) is 19.1. The minimum atomic E-state index is -5.08. The van der Waals surface area contributed by atoms with Crippen molar-refractivity contribution in [1.82, 2.24) is 19.8 Å². The third kappa shape index (κ3) is 8.74. The van der Waals surface area contributed by atoms with Gasteiger partial charge in [-0.3, -0.25) is 9.80 Å². The van der Waals surface area contributed by atoms with Gasteiger partial charge in [-0.25, -0.2) is 14.8 Å². The first-order valence-corrected chi connectivity index (χ1v) is 13.8. The molecular weight excluding hydrogens is 551 g/mol. The van der Waals surface area contributed by atoms with Gasteiger partial charge in [0.1, 0.15) is 0 Å². The summed E-state index contributed by atoms with van der Waals surface area (Å²) in [5, 5.41) is 17.8. The van der Waals surface area contributed by atoms with Gasteiger partial charge >= 0.3 is 12.1 Å². The summed E-state index contributed by atoms with van der Waals surface area (Å²) in [6, 6.07) is 11.0. The topological polar surface area (TPSA) is 102 Å². The molecule has 40 heavy (non-hydrogen) atoms. The summed E-state index contributed by atoms with van der Waals surface area (Å²) in [4.78, 5) is 25.1. The molecule has 0 bridgehead atoms. The number of aliphatic carboxylic acids is 1.